The lowest BCUT2D eigenvalue weighted by Crippen LogP contribution is -2.11. The Labute approximate surface area is 119 Å². The third-order valence-corrected chi connectivity index (χ3v) is 2.51. The number of carbonyl (C=O) groups excluding carboxylic acids is 1. The zero-order valence-electron chi connectivity index (χ0n) is 12.2. The number of rotatable bonds is 9. The van der Waals surface area contributed by atoms with Crippen LogP contribution in [-0.4, -0.2) is 42.7 Å². The van der Waals surface area contributed by atoms with Gasteiger partial charge in [-0.15, -0.1) is 0 Å². The van der Waals surface area contributed by atoms with E-state index in [2.05, 4.69) is 20.6 Å². The van der Waals surface area contributed by atoms with Crippen LogP contribution in [0.5, 0.6) is 5.75 Å². The molecule has 0 saturated heterocycles. The van der Waals surface area contributed by atoms with Gasteiger partial charge in [0.15, 0.2) is 11.6 Å². The molecule has 0 radical (unpaired) electrons. The maximum atomic E-state index is 11.2. The van der Waals surface area contributed by atoms with E-state index in [9.17, 15) is 4.79 Å². The molecule has 0 fully saturated rings. The zero-order chi connectivity index (χ0) is 14.8. The van der Waals surface area contributed by atoms with E-state index >= 15 is 0 Å². The van der Waals surface area contributed by atoms with Gasteiger partial charge in [0.1, 0.15) is 6.33 Å². The highest BCUT2D eigenvalue weighted by molar-refractivity contribution is 5.69. The van der Waals surface area contributed by atoms with Gasteiger partial charge in [0, 0.05) is 19.5 Å². The Morgan fingerprint density at radius 2 is 1.95 bits per heavy atom. The fraction of sp³-hybridized carbons (Fsp3) is 0.615. The van der Waals surface area contributed by atoms with Gasteiger partial charge in [0.2, 0.25) is 5.75 Å². The van der Waals surface area contributed by atoms with E-state index in [-0.39, 0.29) is 5.97 Å². The molecule has 0 bridgehead atoms. The van der Waals surface area contributed by atoms with Gasteiger partial charge in [-0.05, 0) is 20.3 Å². The number of anilines is 2. The van der Waals surface area contributed by atoms with Crippen molar-refractivity contribution in [2.45, 2.75) is 26.7 Å². The molecule has 1 rings (SSSR count). The largest absolute Gasteiger partial charge is 0.490 e. The van der Waals surface area contributed by atoms with E-state index in [0.29, 0.717) is 43.4 Å². The first-order valence-electron chi connectivity index (χ1n) is 6.75. The fourth-order valence-electron chi connectivity index (χ4n) is 1.66. The first kappa shape index (κ1) is 16.0. The Morgan fingerprint density at radius 1 is 1.25 bits per heavy atom. The third kappa shape index (κ3) is 4.91. The molecule has 0 unspecified atom stereocenters. The van der Waals surface area contributed by atoms with Crippen molar-refractivity contribution in [1.82, 2.24) is 9.97 Å². The van der Waals surface area contributed by atoms with Gasteiger partial charge in [0.05, 0.1) is 13.7 Å². The summed E-state index contributed by atoms with van der Waals surface area (Å²) in [5, 5.41) is 6.24. The van der Waals surface area contributed by atoms with Crippen molar-refractivity contribution >= 4 is 17.6 Å². The highest BCUT2D eigenvalue weighted by Crippen LogP contribution is 2.28. The van der Waals surface area contributed by atoms with Crippen molar-refractivity contribution in [3.8, 4) is 5.75 Å². The van der Waals surface area contributed by atoms with Crippen molar-refractivity contribution in [1.29, 1.82) is 0 Å². The molecule has 1 aromatic rings. The van der Waals surface area contributed by atoms with Gasteiger partial charge >= 0.3 is 5.97 Å². The number of carbonyl (C=O) groups is 1. The molecule has 2 N–H and O–H groups in total. The SMILES string of the molecule is CCNc1ncnc(NCCCC(=O)OCC)c1OC. The van der Waals surface area contributed by atoms with E-state index in [4.69, 9.17) is 9.47 Å². The normalized spacial score (nSPS) is 9.95. The average molecular weight is 282 g/mol. The second-order valence-electron chi connectivity index (χ2n) is 3.97. The van der Waals surface area contributed by atoms with Crippen LogP contribution in [0.25, 0.3) is 0 Å². The molecular weight excluding hydrogens is 260 g/mol. The minimum absolute atomic E-state index is 0.183. The molecular formula is C13H22N4O3. The van der Waals surface area contributed by atoms with E-state index in [0.717, 1.165) is 6.54 Å². The molecule has 1 heterocycles. The number of nitrogens with one attached hydrogen (secondary N) is 2. The van der Waals surface area contributed by atoms with Crippen LogP contribution in [0.2, 0.25) is 0 Å². The van der Waals surface area contributed by atoms with Gasteiger partial charge in [-0.25, -0.2) is 9.97 Å². The monoisotopic (exact) mass is 282 g/mol. The lowest BCUT2D eigenvalue weighted by molar-refractivity contribution is -0.143. The van der Waals surface area contributed by atoms with Crippen LogP contribution in [0, 0.1) is 0 Å². The van der Waals surface area contributed by atoms with Crippen LogP contribution >= 0.6 is 0 Å². The summed E-state index contributed by atoms with van der Waals surface area (Å²) in [4.78, 5) is 19.5. The molecule has 0 aliphatic carbocycles. The van der Waals surface area contributed by atoms with Crippen LogP contribution in [-0.2, 0) is 9.53 Å². The molecule has 0 aliphatic rings. The summed E-state index contributed by atoms with van der Waals surface area (Å²) in [7, 11) is 1.57. The molecule has 0 spiro atoms. The Morgan fingerprint density at radius 3 is 2.55 bits per heavy atom. The lowest BCUT2D eigenvalue weighted by atomic mass is 10.3. The predicted octanol–water partition coefficient (Wildman–Crippen LogP) is 1.67. The molecule has 112 valence electrons. The van der Waals surface area contributed by atoms with Crippen LogP contribution < -0.4 is 15.4 Å². The highest BCUT2D eigenvalue weighted by atomic mass is 16.5. The van der Waals surface area contributed by atoms with Crippen LogP contribution in [0.15, 0.2) is 6.33 Å². The standard InChI is InChI=1S/C13H22N4O3/c1-4-14-12-11(19-3)13(17-9-16-12)15-8-6-7-10(18)20-5-2/h9H,4-8H2,1-3H3,(H2,14,15,16,17). The van der Waals surface area contributed by atoms with Gasteiger partial charge in [0.25, 0.3) is 0 Å². The summed E-state index contributed by atoms with van der Waals surface area (Å²) in [5.41, 5.74) is 0. The summed E-state index contributed by atoms with van der Waals surface area (Å²) in [6, 6.07) is 0. The third-order valence-electron chi connectivity index (χ3n) is 2.51. The number of aromatic nitrogens is 2. The van der Waals surface area contributed by atoms with E-state index in [1.165, 1.54) is 6.33 Å². The topological polar surface area (TPSA) is 85.4 Å². The number of methoxy groups -OCH3 is 1. The maximum absolute atomic E-state index is 11.2. The Kier molecular flexibility index (Phi) is 7.16. The molecule has 0 aliphatic heterocycles. The van der Waals surface area contributed by atoms with Gasteiger partial charge in [-0.1, -0.05) is 0 Å². The van der Waals surface area contributed by atoms with Crippen molar-refractivity contribution in [3.05, 3.63) is 6.33 Å². The number of esters is 1. The second-order valence-corrected chi connectivity index (χ2v) is 3.97. The van der Waals surface area contributed by atoms with Gasteiger partial charge in [-0.3, -0.25) is 4.79 Å². The smallest absolute Gasteiger partial charge is 0.305 e. The number of hydrogen-bond acceptors (Lipinski definition) is 7. The fourth-order valence-corrected chi connectivity index (χ4v) is 1.66. The summed E-state index contributed by atoms with van der Waals surface area (Å²) in [6.07, 6.45) is 2.52. The van der Waals surface area contributed by atoms with Gasteiger partial charge in [-0.2, -0.15) is 0 Å². The Balaban J connectivity index is 2.51. The van der Waals surface area contributed by atoms with Crippen molar-refractivity contribution in [2.24, 2.45) is 0 Å². The van der Waals surface area contributed by atoms with Gasteiger partial charge < -0.3 is 20.1 Å². The summed E-state index contributed by atoms with van der Waals surface area (Å²) in [5.74, 6) is 1.66. The summed E-state index contributed by atoms with van der Waals surface area (Å²) < 4.78 is 10.2. The zero-order valence-corrected chi connectivity index (χ0v) is 12.2. The highest BCUT2D eigenvalue weighted by Gasteiger charge is 2.11. The minimum Gasteiger partial charge on any atom is -0.490 e. The average Bonchev–Trinajstić information content (AvgIpc) is 2.44. The second kappa shape index (κ2) is 8.95. The van der Waals surface area contributed by atoms with Crippen LogP contribution in [0.3, 0.4) is 0 Å². The molecule has 0 aromatic carbocycles. The first-order valence-corrected chi connectivity index (χ1v) is 6.75. The van der Waals surface area contributed by atoms with Crippen LogP contribution in [0.1, 0.15) is 26.7 Å². The Bertz CT molecular complexity index is 426. The van der Waals surface area contributed by atoms with Crippen molar-refractivity contribution < 1.29 is 14.3 Å². The Hall–Kier alpha value is -2.05. The first-order chi connectivity index (χ1) is 9.72. The molecule has 7 nitrogen and oxygen atoms in total. The van der Waals surface area contributed by atoms with Crippen LogP contribution in [0.4, 0.5) is 11.6 Å². The minimum atomic E-state index is -0.183. The van der Waals surface area contributed by atoms with Crippen molar-refractivity contribution in [2.75, 3.05) is 37.4 Å². The number of hydrogen-bond donors (Lipinski definition) is 2. The number of nitrogens with zero attached hydrogens (tertiary/aromatic N) is 2. The van der Waals surface area contributed by atoms with E-state index < -0.39 is 0 Å². The van der Waals surface area contributed by atoms with Crippen molar-refractivity contribution in [3.63, 3.8) is 0 Å². The summed E-state index contributed by atoms with van der Waals surface area (Å²) in [6.45, 7) is 5.55. The molecule has 7 heteroatoms. The van der Waals surface area contributed by atoms with E-state index in [1.807, 2.05) is 6.92 Å². The number of ether oxygens (including phenoxy) is 2. The quantitative estimate of drug-likeness (QED) is 0.526. The molecule has 0 amide bonds. The molecule has 20 heavy (non-hydrogen) atoms. The summed E-state index contributed by atoms with van der Waals surface area (Å²) >= 11 is 0. The maximum Gasteiger partial charge on any atom is 0.305 e. The predicted molar refractivity (Wildman–Crippen MR) is 77.1 cm³/mol. The van der Waals surface area contributed by atoms with E-state index in [1.54, 1.807) is 14.0 Å². The molecule has 1 aromatic heterocycles. The molecule has 0 atom stereocenters. The molecule has 0 saturated carbocycles. The lowest BCUT2D eigenvalue weighted by Gasteiger charge is -2.13.